The third-order valence-electron chi connectivity index (χ3n) is 5.61. The molecule has 0 spiro atoms. The maximum atomic E-state index is 12.9. The van der Waals surface area contributed by atoms with Crippen LogP contribution in [0.25, 0.3) is 11.1 Å². The number of furan rings is 1. The lowest BCUT2D eigenvalue weighted by Gasteiger charge is -2.31. The van der Waals surface area contributed by atoms with E-state index in [1.54, 1.807) is 6.07 Å². The van der Waals surface area contributed by atoms with Crippen LogP contribution < -0.4 is 5.32 Å². The first-order valence-corrected chi connectivity index (χ1v) is 10.5. The zero-order valence-electron chi connectivity index (χ0n) is 17.3. The fourth-order valence-corrected chi connectivity index (χ4v) is 4.07. The van der Waals surface area contributed by atoms with Crippen LogP contribution in [0.5, 0.6) is 0 Å². The lowest BCUT2D eigenvalue weighted by molar-refractivity contribution is -0.121. The highest BCUT2D eigenvalue weighted by molar-refractivity contribution is 5.93. The molecule has 1 atom stereocenters. The molecule has 0 aliphatic carbocycles. The fraction of sp³-hybridized carbons (Fsp3) is 0.320. The average Bonchev–Trinajstić information content (AvgIpc) is 3.22. The van der Waals surface area contributed by atoms with E-state index < -0.39 is 0 Å². The van der Waals surface area contributed by atoms with Crippen LogP contribution in [0.4, 0.5) is 5.69 Å². The van der Waals surface area contributed by atoms with Crippen LogP contribution in [0.15, 0.2) is 65.1 Å². The Hall–Kier alpha value is -2.89. The second-order valence-electron chi connectivity index (χ2n) is 8.04. The second kappa shape index (κ2) is 9.28. The fourth-order valence-electron chi connectivity index (χ4n) is 4.07. The number of carbonyl (C=O) groups is 1. The molecule has 1 amide bonds. The molecule has 30 heavy (non-hydrogen) atoms. The van der Waals surface area contributed by atoms with Crippen molar-refractivity contribution in [1.82, 2.24) is 4.90 Å². The molecule has 3 aromatic rings. The van der Waals surface area contributed by atoms with Crippen molar-refractivity contribution in [3.8, 4) is 11.1 Å². The van der Waals surface area contributed by atoms with E-state index >= 15 is 0 Å². The van der Waals surface area contributed by atoms with Crippen molar-refractivity contribution in [2.24, 2.45) is 5.92 Å². The molecule has 1 unspecified atom stereocenters. The minimum absolute atomic E-state index is 0.0475. The number of aliphatic hydroxyl groups is 1. The van der Waals surface area contributed by atoms with Gasteiger partial charge in [-0.1, -0.05) is 42.0 Å². The molecule has 1 aliphatic rings. The number of nitrogens with zero attached hydrogens (tertiary/aromatic N) is 1. The number of piperidine rings is 1. The molecule has 1 aromatic heterocycles. The van der Waals surface area contributed by atoms with E-state index in [2.05, 4.69) is 47.5 Å². The van der Waals surface area contributed by atoms with E-state index in [-0.39, 0.29) is 18.4 Å². The van der Waals surface area contributed by atoms with Gasteiger partial charge in [-0.25, -0.2) is 0 Å². The molecule has 5 nitrogen and oxygen atoms in total. The number of hydrogen-bond donors (Lipinski definition) is 2. The van der Waals surface area contributed by atoms with Gasteiger partial charge in [-0.3, -0.25) is 9.69 Å². The van der Waals surface area contributed by atoms with Gasteiger partial charge in [0.25, 0.3) is 0 Å². The van der Waals surface area contributed by atoms with Gasteiger partial charge in [0, 0.05) is 12.2 Å². The highest BCUT2D eigenvalue weighted by Crippen LogP contribution is 2.25. The number of hydrogen-bond acceptors (Lipinski definition) is 4. The van der Waals surface area contributed by atoms with Crippen molar-refractivity contribution in [1.29, 1.82) is 0 Å². The first-order valence-electron chi connectivity index (χ1n) is 10.5. The molecule has 1 aliphatic heterocycles. The van der Waals surface area contributed by atoms with Gasteiger partial charge in [-0.05, 0) is 61.7 Å². The van der Waals surface area contributed by atoms with E-state index in [1.807, 2.05) is 24.3 Å². The van der Waals surface area contributed by atoms with Crippen LogP contribution in [0.1, 0.15) is 29.9 Å². The number of nitrogens with one attached hydrogen (secondary N) is 1. The SMILES string of the molecule is Cc1cccc(-c2cccc(NC(=O)C3CCCN(Cc4ccc(CO)o4)C3)c2)c1. The van der Waals surface area contributed by atoms with Crippen molar-refractivity contribution in [2.45, 2.75) is 32.9 Å². The summed E-state index contributed by atoms with van der Waals surface area (Å²) < 4.78 is 5.60. The molecular weight excluding hydrogens is 376 g/mol. The number of likely N-dealkylation sites (tertiary alicyclic amines) is 1. The predicted molar refractivity (Wildman–Crippen MR) is 118 cm³/mol. The average molecular weight is 405 g/mol. The van der Waals surface area contributed by atoms with Crippen LogP contribution in [0, 0.1) is 12.8 Å². The Labute approximate surface area is 177 Å². The summed E-state index contributed by atoms with van der Waals surface area (Å²) in [5.41, 5.74) is 4.29. The Morgan fingerprint density at radius 2 is 1.87 bits per heavy atom. The Kier molecular flexibility index (Phi) is 6.31. The second-order valence-corrected chi connectivity index (χ2v) is 8.04. The van der Waals surface area contributed by atoms with E-state index in [9.17, 15) is 4.79 Å². The zero-order valence-corrected chi connectivity index (χ0v) is 17.3. The first kappa shape index (κ1) is 20.4. The van der Waals surface area contributed by atoms with Gasteiger partial charge in [0.15, 0.2) is 0 Å². The van der Waals surface area contributed by atoms with Gasteiger partial charge in [0.1, 0.15) is 18.1 Å². The van der Waals surface area contributed by atoms with Gasteiger partial charge >= 0.3 is 0 Å². The lowest BCUT2D eigenvalue weighted by atomic mass is 9.96. The molecule has 0 bridgehead atoms. The van der Waals surface area contributed by atoms with Crippen molar-refractivity contribution >= 4 is 11.6 Å². The molecule has 0 radical (unpaired) electrons. The van der Waals surface area contributed by atoms with Crippen LogP contribution in [0.2, 0.25) is 0 Å². The number of carbonyl (C=O) groups excluding carboxylic acids is 1. The third-order valence-corrected chi connectivity index (χ3v) is 5.61. The minimum atomic E-state index is -0.0906. The maximum Gasteiger partial charge on any atom is 0.228 e. The summed E-state index contributed by atoms with van der Waals surface area (Å²) in [5, 5.41) is 12.3. The van der Waals surface area contributed by atoms with Crippen molar-refractivity contribution in [3.63, 3.8) is 0 Å². The minimum Gasteiger partial charge on any atom is -0.462 e. The standard InChI is InChI=1S/C25H28N2O3/c1-18-5-2-6-19(13-18)20-7-3-9-22(14-20)26-25(29)21-8-4-12-27(15-21)16-23-10-11-24(17-28)30-23/h2-3,5-7,9-11,13-14,21,28H,4,8,12,15-17H2,1H3,(H,26,29). The number of amides is 1. The van der Waals surface area contributed by atoms with E-state index in [1.165, 1.54) is 5.56 Å². The monoisotopic (exact) mass is 404 g/mol. The quantitative estimate of drug-likeness (QED) is 0.630. The summed E-state index contributed by atoms with van der Waals surface area (Å²) in [6.45, 7) is 4.30. The molecule has 1 saturated heterocycles. The molecule has 1 fully saturated rings. The summed E-state index contributed by atoms with van der Waals surface area (Å²) in [6, 6.07) is 20.1. The molecule has 4 rings (SSSR count). The molecule has 5 heteroatoms. The molecular formula is C25H28N2O3. The summed E-state index contributed by atoms with van der Waals surface area (Å²) in [6.07, 6.45) is 1.87. The zero-order chi connectivity index (χ0) is 20.9. The Balaban J connectivity index is 1.39. The van der Waals surface area contributed by atoms with Gasteiger partial charge in [0.05, 0.1) is 12.5 Å². The largest absolute Gasteiger partial charge is 0.462 e. The number of rotatable bonds is 6. The highest BCUT2D eigenvalue weighted by atomic mass is 16.4. The van der Waals surface area contributed by atoms with Crippen molar-refractivity contribution in [3.05, 3.63) is 77.7 Å². The maximum absolute atomic E-state index is 12.9. The predicted octanol–water partition coefficient (Wildman–Crippen LogP) is 4.60. The van der Waals surface area contributed by atoms with Crippen LogP contribution >= 0.6 is 0 Å². The van der Waals surface area contributed by atoms with Gasteiger partial charge in [-0.2, -0.15) is 0 Å². The molecule has 2 aromatic carbocycles. The van der Waals surface area contributed by atoms with Crippen LogP contribution in [-0.4, -0.2) is 29.0 Å². The lowest BCUT2D eigenvalue weighted by Crippen LogP contribution is -2.40. The van der Waals surface area contributed by atoms with Crippen molar-refractivity contribution < 1.29 is 14.3 Å². The topological polar surface area (TPSA) is 65.7 Å². The van der Waals surface area contributed by atoms with Gasteiger partial charge in [-0.15, -0.1) is 0 Å². The summed E-state index contributed by atoms with van der Waals surface area (Å²) >= 11 is 0. The van der Waals surface area contributed by atoms with Crippen molar-refractivity contribution in [2.75, 3.05) is 18.4 Å². The van der Waals surface area contributed by atoms with Gasteiger partial charge in [0.2, 0.25) is 5.91 Å². The number of benzene rings is 2. The van der Waals surface area contributed by atoms with E-state index in [0.29, 0.717) is 18.8 Å². The number of aryl methyl sites for hydroxylation is 1. The molecule has 156 valence electrons. The number of aliphatic hydroxyl groups excluding tert-OH is 1. The molecule has 0 saturated carbocycles. The normalized spacial score (nSPS) is 17.1. The number of anilines is 1. The Bertz CT molecular complexity index is 1010. The van der Waals surface area contributed by atoms with E-state index in [4.69, 9.17) is 9.52 Å². The van der Waals surface area contributed by atoms with Crippen LogP contribution in [0.3, 0.4) is 0 Å². The smallest absolute Gasteiger partial charge is 0.228 e. The summed E-state index contributed by atoms with van der Waals surface area (Å²) in [5.74, 6) is 1.42. The Morgan fingerprint density at radius 1 is 1.10 bits per heavy atom. The first-order chi connectivity index (χ1) is 14.6. The summed E-state index contributed by atoms with van der Waals surface area (Å²) in [7, 11) is 0. The summed E-state index contributed by atoms with van der Waals surface area (Å²) in [4.78, 5) is 15.2. The van der Waals surface area contributed by atoms with Gasteiger partial charge < -0.3 is 14.8 Å². The van der Waals surface area contributed by atoms with Crippen LogP contribution in [-0.2, 0) is 17.9 Å². The third kappa shape index (κ3) is 4.99. The molecule has 2 N–H and O–H groups in total. The Morgan fingerprint density at radius 3 is 2.63 bits per heavy atom. The highest BCUT2D eigenvalue weighted by Gasteiger charge is 2.26. The molecule has 2 heterocycles. The van der Waals surface area contributed by atoms with E-state index in [0.717, 1.165) is 42.0 Å².